The van der Waals surface area contributed by atoms with Crippen LogP contribution in [0.2, 0.25) is 0 Å². The molecule has 6 heteroatoms. The van der Waals surface area contributed by atoms with Gasteiger partial charge in [-0.1, -0.05) is 13.3 Å². The van der Waals surface area contributed by atoms with E-state index in [1.54, 1.807) is 0 Å². The van der Waals surface area contributed by atoms with Crippen molar-refractivity contribution in [3.8, 4) is 0 Å². The quantitative estimate of drug-likeness (QED) is 0.623. The van der Waals surface area contributed by atoms with Gasteiger partial charge in [-0.3, -0.25) is 0 Å². The molecule has 0 atom stereocenters. The zero-order valence-electron chi connectivity index (χ0n) is 8.95. The Morgan fingerprint density at radius 3 is 2.47 bits per heavy atom. The Morgan fingerprint density at radius 1 is 1.20 bits per heavy atom. The fourth-order valence-electron chi connectivity index (χ4n) is 0.796. The van der Waals surface area contributed by atoms with E-state index >= 15 is 0 Å². The number of alkyl carbamates (subject to hydrolysis) is 1. The van der Waals surface area contributed by atoms with Crippen LogP contribution in [-0.2, 0) is 9.47 Å². The van der Waals surface area contributed by atoms with Crippen molar-refractivity contribution in [2.75, 3.05) is 19.8 Å². The van der Waals surface area contributed by atoms with E-state index in [9.17, 15) is 9.59 Å². The molecule has 0 aromatic heterocycles. The minimum Gasteiger partial charge on any atom is -0.450 e. The summed E-state index contributed by atoms with van der Waals surface area (Å²) in [6.45, 7) is 3.05. The third-order valence-corrected chi connectivity index (χ3v) is 1.57. The van der Waals surface area contributed by atoms with Crippen LogP contribution in [0.5, 0.6) is 0 Å². The first kappa shape index (κ1) is 13.5. The zero-order valence-corrected chi connectivity index (χ0v) is 8.95. The number of rotatable bonds is 7. The molecule has 0 heterocycles. The van der Waals surface area contributed by atoms with Gasteiger partial charge in [0.2, 0.25) is 0 Å². The Balaban J connectivity index is 3.20. The van der Waals surface area contributed by atoms with Crippen molar-refractivity contribution in [3.63, 3.8) is 0 Å². The molecule has 0 aliphatic heterocycles. The van der Waals surface area contributed by atoms with E-state index in [1.165, 1.54) is 0 Å². The fraction of sp³-hybridized carbons (Fsp3) is 0.778. The highest BCUT2D eigenvalue weighted by Gasteiger charge is 2.00. The van der Waals surface area contributed by atoms with Crippen molar-refractivity contribution in [1.29, 1.82) is 0 Å². The molecule has 15 heavy (non-hydrogen) atoms. The van der Waals surface area contributed by atoms with Crippen LogP contribution in [0.3, 0.4) is 0 Å². The molecule has 0 bridgehead atoms. The van der Waals surface area contributed by atoms with Gasteiger partial charge >= 0.3 is 12.2 Å². The second-order valence-corrected chi connectivity index (χ2v) is 2.94. The van der Waals surface area contributed by atoms with Crippen molar-refractivity contribution < 1.29 is 19.1 Å². The molecule has 6 nitrogen and oxygen atoms in total. The Hall–Kier alpha value is -1.46. The van der Waals surface area contributed by atoms with Crippen molar-refractivity contribution in [2.24, 2.45) is 5.73 Å². The number of nitrogens with one attached hydrogen (secondary N) is 1. The van der Waals surface area contributed by atoms with Crippen LogP contribution in [0.25, 0.3) is 0 Å². The zero-order chi connectivity index (χ0) is 11.5. The molecule has 0 fully saturated rings. The van der Waals surface area contributed by atoms with Gasteiger partial charge in [0, 0.05) is 6.54 Å². The summed E-state index contributed by atoms with van der Waals surface area (Å²) in [5, 5.41) is 2.52. The van der Waals surface area contributed by atoms with Gasteiger partial charge in [-0.2, -0.15) is 0 Å². The summed E-state index contributed by atoms with van der Waals surface area (Å²) >= 11 is 0. The van der Waals surface area contributed by atoms with Crippen LogP contribution < -0.4 is 11.1 Å². The van der Waals surface area contributed by atoms with Gasteiger partial charge in [0.1, 0.15) is 0 Å². The first-order valence-corrected chi connectivity index (χ1v) is 4.99. The van der Waals surface area contributed by atoms with Gasteiger partial charge in [0.25, 0.3) is 0 Å². The average molecular weight is 218 g/mol. The molecule has 0 aliphatic carbocycles. The van der Waals surface area contributed by atoms with Gasteiger partial charge < -0.3 is 20.5 Å². The number of ether oxygens (including phenoxy) is 2. The van der Waals surface area contributed by atoms with Crippen molar-refractivity contribution in [2.45, 2.75) is 26.2 Å². The second-order valence-electron chi connectivity index (χ2n) is 2.94. The van der Waals surface area contributed by atoms with Crippen LogP contribution in [0.15, 0.2) is 0 Å². The molecule has 0 rings (SSSR count). The summed E-state index contributed by atoms with van der Waals surface area (Å²) in [6.07, 6.45) is 1.12. The first-order valence-electron chi connectivity index (χ1n) is 4.99. The Bertz CT molecular complexity index is 197. The van der Waals surface area contributed by atoms with E-state index < -0.39 is 12.2 Å². The number of carbonyl (C=O) groups excluding carboxylic acids is 2. The molecule has 0 aliphatic rings. The summed E-state index contributed by atoms with van der Waals surface area (Å²) < 4.78 is 9.30. The number of primary amides is 1. The fourth-order valence-corrected chi connectivity index (χ4v) is 0.796. The number of hydrogen-bond acceptors (Lipinski definition) is 4. The van der Waals surface area contributed by atoms with E-state index in [1.807, 2.05) is 6.92 Å². The molecule has 0 saturated carbocycles. The molecule has 0 saturated heterocycles. The molecule has 0 spiro atoms. The smallest absolute Gasteiger partial charge is 0.407 e. The maximum atomic E-state index is 10.9. The van der Waals surface area contributed by atoms with Gasteiger partial charge in [0.05, 0.1) is 13.2 Å². The minimum atomic E-state index is -0.805. The molecule has 3 N–H and O–H groups in total. The van der Waals surface area contributed by atoms with E-state index in [0.29, 0.717) is 19.6 Å². The molecule has 88 valence electrons. The van der Waals surface area contributed by atoms with Crippen molar-refractivity contribution in [1.82, 2.24) is 5.32 Å². The number of unbranched alkanes of at least 4 members (excludes halogenated alkanes) is 1. The third kappa shape index (κ3) is 10.5. The van der Waals surface area contributed by atoms with Gasteiger partial charge in [-0.25, -0.2) is 9.59 Å². The minimum absolute atomic E-state index is 0.199. The van der Waals surface area contributed by atoms with E-state index in [-0.39, 0.29) is 6.61 Å². The molecule has 0 unspecified atom stereocenters. The summed E-state index contributed by atoms with van der Waals surface area (Å²) in [7, 11) is 0. The molecule has 0 aromatic carbocycles. The van der Waals surface area contributed by atoms with Gasteiger partial charge in [-0.15, -0.1) is 0 Å². The van der Waals surface area contributed by atoms with Crippen LogP contribution in [0.1, 0.15) is 26.2 Å². The topological polar surface area (TPSA) is 90.7 Å². The van der Waals surface area contributed by atoms with Crippen molar-refractivity contribution in [3.05, 3.63) is 0 Å². The highest BCUT2D eigenvalue weighted by molar-refractivity contribution is 5.67. The van der Waals surface area contributed by atoms with Gasteiger partial charge in [0.15, 0.2) is 0 Å². The summed E-state index contributed by atoms with van der Waals surface area (Å²) in [5.74, 6) is 0. The monoisotopic (exact) mass is 218 g/mol. The summed E-state index contributed by atoms with van der Waals surface area (Å²) in [4.78, 5) is 21.1. The SMILES string of the molecule is CCCCOC(=O)NCCCOC(N)=O. The van der Waals surface area contributed by atoms with E-state index in [4.69, 9.17) is 10.5 Å². The van der Waals surface area contributed by atoms with Crippen LogP contribution in [0, 0.1) is 0 Å². The maximum Gasteiger partial charge on any atom is 0.407 e. The standard InChI is InChI=1S/C9H18N2O4/c1-2-3-6-15-9(13)11-5-4-7-14-8(10)12/h2-7H2,1H3,(H2,10,12)(H,11,13). The van der Waals surface area contributed by atoms with E-state index in [0.717, 1.165) is 12.8 Å². The van der Waals surface area contributed by atoms with Gasteiger partial charge in [-0.05, 0) is 12.8 Å². The van der Waals surface area contributed by atoms with E-state index in [2.05, 4.69) is 10.1 Å². The lowest BCUT2D eigenvalue weighted by molar-refractivity contribution is 0.141. The lowest BCUT2D eigenvalue weighted by atomic mass is 10.4. The molecule has 0 aromatic rings. The maximum absolute atomic E-state index is 10.9. The lowest BCUT2D eigenvalue weighted by Crippen LogP contribution is -2.27. The third-order valence-electron chi connectivity index (χ3n) is 1.57. The summed E-state index contributed by atoms with van der Waals surface area (Å²) in [6, 6.07) is 0. The normalized spacial score (nSPS) is 9.40. The largest absolute Gasteiger partial charge is 0.450 e. The van der Waals surface area contributed by atoms with Crippen molar-refractivity contribution >= 4 is 12.2 Å². The van der Waals surface area contributed by atoms with Crippen LogP contribution >= 0.6 is 0 Å². The number of carbonyl (C=O) groups is 2. The number of hydrogen-bond donors (Lipinski definition) is 2. The Labute approximate surface area is 89.1 Å². The highest BCUT2D eigenvalue weighted by atomic mass is 16.6. The lowest BCUT2D eigenvalue weighted by Gasteiger charge is -2.06. The average Bonchev–Trinajstić information content (AvgIpc) is 2.17. The Morgan fingerprint density at radius 2 is 1.87 bits per heavy atom. The van der Waals surface area contributed by atoms with Crippen LogP contribution in [-0.4, -0.2) is 31.9 Å². The highest BCUT2D eigenvalue weighted by Crippen LogP contribution is 1.88. The Kier molecular flexibility index (Phi) is 8.22. The molecular formula is C9H18N2O4. The number of nitrogens with two attached hydrogens (primary N) is 1. The van der Waals surface area contributed by atoms with Crippen LogP contribution in [0.4, 0.5) is 9.59 Å². The molecule has 0 radical (unpaired) electrons. The first-order chi connectivity index (χ1) is 7.16. The predicted molar refractivity (Wildman–Crippen MR) is 54.4 cm³/mol. The predicted octanol–water partition coefficient (Wildman–Crippen LogP) is 0.998. The number of amides is 2. The summed E-state index contributed by atoms with van der Waals surface area (Å²) in [5.41, 5.74) is 4.74. The molecule has 2 amide bonds. The second kappa shape index (κ2) is 9.11. The molecular weight excluding hydrogens is 200 g/mol.